The summed E-state index contributed by atoms with van der Waals surface area (Å²) in [5, 5.41) is 2.85. The van der Waals surface area contributed by atoms with Crippen LogP contribution < -0.4 is 5.32 Å². The van der Waals surface area contributed by atoms with E-state index in [1.165, 1.54) is 6.07 Å². The van der Waals surface area contributed by atoms with Gasteiger partial charge in [-0.15, -0.1) is 0 Å². The van der Waals surface area contributed by atoms with Crippen LogP contribution >= 0.6 is 0 Å². The van der Waals surface area contributed by atoms with Crippen LogP contribution in [0.25, 0.3) is 0 Å². The van der Waals surface area contributed by atoms with E-state index in [2.05, 4.69) is 5.32 Å². The van der Waals surface area contributed by atoms with Crippen molar-refractivity contribution >= 4 is 11.8 Å². The lowest BCUT2D eigenvalue weighted by Gasteiger charge is -2.23. The smallest absolute Gasteiger partial charge is 0.349 e. The fraction of sp³-hybridized carbons (Fsp3) is 0.579. The van der Waals surface area contributed by atoms with Gasteiger partial charge in [0.2, 0.25) is 11.8 Å². The van der Waals surface area contributed by atoms with Crippen LogP contribution in [0.15, 0.2) is 24.3 Å². The second-order valence-corrected chi connectivity index (χ2v) is 7.01. The van der Waals surface area contributed by atoms with Gasteiger partial charge >= 0.3 is 6.18 Å². The highest BCUT2D eigenvalue weighted by Gasteiger charge is 2.36. The van der Waals surface area contributed by atoms with E-state index in [9.17, 15) is 22.8 Å². The fourth-order valence-electron chi connectivity index (χ4n) is 3.24. The minimum Gasteiger partial charge on any atom is -0.349 e. The summed E-state index contributed by atoms with van der Waals surface area (Å²) in [6.45, 7) is 6.04. The quantitative estimate of drug-likeness (QED) is 0.825. The van der Waals surface area contributed by atoms with Crippen molar-refractivity contribution in [3.63, 3.8) is 0 Å². The number of alkyl halides is 3. The van der Waals surface area contributed by atoms with Gasteiger partial charge < -0.3 is 10.2 Å². The van der Waals surface area contributed by atoms with Crippen LogP contribution in [0, 0.1) is 5.92 Å². The summed E-state index contributed by atoms with van der Waals surface area (Å²) in [6.07, 6.45) is -3.04. The molecule has 1 aliphatic rings. The van der Waals surface area contributed by atoms with Crippen molar-refractivity contribution in [2.45, 2.75) is 58.3 Å². The molecule has 26 heavy (non-hydrogen) atoms. The molecule has 144 valence electrons. The third-order valence-corrected chi connectivity index (χ3v) is 4.66. The molecule has 1 aromatic carbocycles. The molecule has 0 spiro atoms. The summed E-state index contributed by atoms with van der Waals surface area (Å²) in [5.41, 5.74) is -0.299. The van der Waals surface area contributed by atoms with E-state index in [1.54, 1.807) is 11.0 Å². The van der Waals surface area contributed by atoms with Crippen LogP contribution in [0.4, 0.5) is 13.2 Å². The number of benzene rings is 1. The first-order valence-corrected chi connectivity index (χ1v) is 8.90. The van der Waals surface area contributed by atoms with E-state index < -0.39 is 23.7 Å². The largest absolute Gasteiger partial charge is 0.416 e. The van der Waals surface area contributed by atoms with Gasteiger partial charge in [-0.2, -0.15) is 13.2 Å². The standard InChI is InChI=1S/C19H25F3N2O2/c1-4-6-16(13-7-5-8-15(9-13)19(20,21)22)23-18(26)14-10-17(25)24(11-14)12(2)3/h5,7-9,12,14,16H,4,6,10-11H2,1-3H3,(H,23,26). The molecule has 1 saturated heterocycles. The lowest BCUT2D eigenvalue weighted by atomic mass is 9.98. The van der Waals surface area contributed by atoms with Crippen LogP contribution in [0.1, 0.15) is 57.2 Å². The molecule has 1 aromatic rings. The lowest BCUT2D eigenvalue weighted by molar-refractivity contribution is -0.137. The highest BCUT2D eigenvalue weighted by atomic mass is 19.4. The highest BCUT2D eigenvalue weighted by Crippen LogP contribution is 2.32. The van der Waals surface area contributed by atoms with Gasteiger partial charge in [-0.25, -0.2) is 0 Å². The number of carbonyl (C=O) groups excluding carboxylic acids is 2. The molecule has 1 N–H and O–H groups in total. The van der Waals surface area contributed by atoms with Crippen molar-refractivity contribution in [3.05, 3.63) is 35.4 Å². The van der Waals surface area contributed by atoms with Gasteiger partial charge in [0, 0.05) is 19.0 Å². The molecule has 1 fully saturated rings. The molecule has 0 saturated carbocycles. The maximum atomic E-state index is 13.0. The first-order valence-electron chi connectivity index (χ1n) is 8.90. The van der Waals surface area contributed by atoms with Gasteiger partial charge in [0.1, 0.15) is 0 Å². The second kappa shape index (κ2) is 8.10. The molecule has 0 aliphatic carbocycles. The number of nitrogens with one attached hydrogen (secondary N) is 1. The van der Waals surface area contributed by atoms with Gasteiger partial charge in [-0.05, 0) is 38.0 Å². The Morgan fingerprint density at radius 1 is 1.35 bits per heavy atom. The minimum atomic E-state index is -4.42. The molecule has 0 aromatic heterocycles. The summed E-state index contributed by atoms with van der Waals surface area (Å²) in [4.78, 5) is 26.2. The molecule has 1 heterocycles. The maximum absolute atomic E-state index is 13.0. The Balaban J connectivity index is 2.14. The molecular formula is C19H25F3N2O2. The summed E-state index contributed by atoms with van der Waals surface area (Å²) >= 11 is 0. The number of carbonyl (C=O) groups is 2. The molecule has 7 heteroatoms. The average Bonchev–Trinajstić information content (AvgIpc) is 2.96. The highest BCUT2D eigenvalue weighted by molar-refractivity contribution is 5.89. The fourth-order valence-corrected chi connectivity index (χ4v) is 3.24. The molecule has 4 nitrogen and oxygen atoms in total. The number of nitrogens with zero attached hydrogens (tertiary/aromatic N) is 1. The predicted octanol–water partition coefficient (Wildman–Crippen LogP) is 3.92. The van der Waals surface area contributed by atoms with Crippen molar-refractivity contribution in [2.75, 3.05) is 6.54 Å². The van der Waals surface area contributed by atoms with Crippen LogP contribution in [-0.2, 0) is 15.8 Å². The maximum Gasteiger partial charge on any atom is 0.416 e. The monoisotopic (exact) mass is 370 g/mol. The number of hydrogen-bond acceptors (Lipinski definition) is 2. The molecule has 2 unspecified atom stereocenters. The van der Waals surface area contributed by atoms with Crippen LogP contribution in [0.5, 0.6) is 0 Å². The van der Waals surface area contributed by atoms with Gasteiger partial charge in [0.05, 0.1) is 17.5 Å². The number of amides is 2. The van der Waals surface area contributed by atoms with E-state index >= 15 is 0 Å². The topological polar surface area (TPSA) is 49.4 Å². The van der Waals surface area contributed by atoms with E-state index in [1.807, 2.05) is 20.8 Å². The molecule has 2 atom stereocenters. The SMILES string of the molecule is CCCC(NC(=O)C1CC(=O)N(C(C)C)C1)c1cccc(C(F)(F)F)c1. The summed E-state index contributed by atoms with van der Waals surface area (Å²) < 4.78 is 38.9. The van der Waals surface area contributed by atoms with Gasteiger partial charge in [-0.3, -0.25) is 9.59 Å². The third kappa shape index (κ3) is 4.77. The lowest BCUT2D eigenvalue weighted by Crippen LogP contribution is -2.37. The summed E-state index contributed by atoms with van der Waals surface area (Å²) in [7, 11) is 0. The van der Waals surface area contributed by atoms with Gasteiger partial charge in [0.25, 0.3) is 0 Å². The van der Waals surface area contributed by atoms with Gasteiger partial charge in [0.15, 0.2) is 0 Å². The Hall–Kier alpha value is -2.05. The zero-order valence-corrected chi connectivity index (χ0v) is 15.3. The molecule has 1 aliphatic heterocycles. The molecule has 0 bridgehead atoms. The second-order valence-electron chi connectivity index (χ2n) is 7.01. The zero-order chi connectivity index (χ0) is 19.5. The van der Waals surface area contributed by atoms with Crippen molar-refractivity contribution in [1.82, 2.24) is 10.2 Å². The zero-order valence-electron chi connectivity index (χ0n) is 15.3. The van der Waals surface area contributed by atoms with Crippen molar-refractivity contribution in [2.24, 2.45) is 5.92 Å². The molecule has 2 amide bonds. The van der Waals surface area contributed by atoms with Crippen molar-refractivity contribution < 1.29 is 22.8 Å². The Morgan fingerprint density at radius 2 is 2.04 bits per heavy atom. The van der Waals surface area contributed by atoms with Crippen LogP contribution in [0.3, 0.4) is 0 Å². The Bertz CT molecular complexity index is 658. The first-order chi connectivity index (χ1) is 12.1. The van der Waals surface area contributed by atoms with Gasteiger partial charge in [-0.1, -0.05) is 25.5 Å². The Labute approximate surface area is 151 Å². The summed E-state index contributed by atoms with van der Waals surface area (Å²) in [5.74, 6) is -0.807. The molecule has 0 radical (unpaired) electrons. The first kappa shape index (κ1) is 20.3. The number of halogens is 3. The van der Waals surface area contributed by atoms with E-state index in [0.717, 1.165) is 12.1 Å². The normalized spacial score (nSPS) is 19.1. The Morgan fingerprint density at radius 3 is 2.58 bits per heavy atom. The van der Waals surface area contributed by atoms with E-state index in [-0.39, 0.29) is 24.3 Å². The summed E-state index contributed by atoms with van der Waals surface area (Å²) in [6, 6.07) is 4.57. The van der Waals surface area contributed by atoms with Crippen LogP contribution in [-0.4, -0.2) is 29.3 Å². The van der Waals surface area contributed by atoms with Crippen molar-refractivity contribution in [3.8, 4) is 0 Å². The third-order valence-electron chi connectivity index (χ3n) is 4.66. The molecule has 2 rings (SSSR count). The number of likely N-dealkylation sites (tertiary alicyclic amines) is 1. The van der Waals surface area contributed by atoms with E-state index in [0.29, 0.717) is 24.9 Å². The average molecular weight is 370 g/mol. The minimum absolute atomic E-state index is 0.0233. The molecular weight excluding hydrogens is 345 g/mol. The Kier molecular flexibility index (Phi) is 6.31. The van der Waals surface area contributed by atoms with E-state index in [4.69, 9.17) is 0 Å². The number of rotatable bonds is 6. The predicted molar refractivity (Wildman–Crippen MR) is 92.2 cm³/mol. The van der Waals surface area contributed by atoms with Crippen molar-refractivity contribution in [1.29, 1.82) is 0 Å². The number of hydrogen-bond donors (Lipinski definition) is 1. The van der Waals surface area contributed by atoms with Crippen LogP contribution in [0.2, 0.25) is 0 Å².